The normalized spacial score (nSPS) is 17.0. The molecule has 0 atom stereocenters. The zero-order chi connectivity index (χ0) is 13.9. The number of imidazole rings is 1. The molecule has 1 amide bonds. The largest absolute Gasteiger partial charge is 0.380 e. The lowest BCUT2D eigenvalue weighted by Gasteiger charge is -2.40. The molecule has 0 radical (unpaired) electrons. The number of carbonyl (C=O) groups is 1. The van der Waals surface area contributed by atoms with Gasteiger partial charge in [-0.1, -0.05) is 13.8 Å². The van der Waals surface area contributed by atoms with E-state index in [-0.39, 0.29) is 11.3 Å². The second kappa shape index (κ2) is 5.74. The van der Waals surface area contributed by atoms with Gasteiger partial charge in [-0.15, -0.1) is 0 Å². The number of ether oxygens (including phenoxy) is 1. The van der Waals surface area contributed by atoms with E-state index in [0.29, 0.717) is 13.0 Å². The second-order valence-corrected chi connectivity index (χ2v) is 5.69. The van der Waals surface area contributed by atoms with Crippen LogP contribution in [-0.2, 0) is 22.5 Å². The van der Waals surface area contributed by atoms with E-state index in [0.717, 1.165) is 32.0 Å². The minimum Gasteiger partial charge on any atom is -0.380 e. The van der Waals surface area contributed by atoms with E-state index >= 15 is 0 Å². The van der Waals surface area contributed by atoms with E-state index in [1.54, 1.807) is 6.20 Å². The first-order valence-electron chi connectivity index (χ1n) is 6.86. The highest BCUT2D eigenvalue weighted by Gasteiger charge is 2.35. The number of aromatic nitrogens is 2. The fraction of sp³-hybridized carbons (Fsp3) is 0.714. The van der Waals surface area contributed by atoms with Gasteiger partial charge in [0.15, 0.2) is 0 Å². The fourth-order valence-corrected chi connectivity index (χ4v) is 2.47. The highest BCUT2D eigenvalue weighted by molar-refractivity contribution is 5.75. The topological polar surface area (TPSA) is 47.4 Å². The summed E-state index contributed by atoms with van der Waals surface area (Å²) in [7, 11) is 1.88. The van der Waals surface area contributed by atoms with E-state index in [4.69, 9.17) is 4.74 Å². The van der Waals surface area contributed by atoms with Crippen molar-refractivity contribution in [2.24, 2.45) is 5.41 Å². The van der Waals surface area contributed by atoms with Crippen molar-refractivity contribution in [1.29, 1.82) is 0 Å². The first kappa shape index (κ1) is 14.1. The molecule has 106 valence electrons. The Balaban J connectivity index is 1.80. The minimum atomic E-state index is 0.147. The third kappa shape index (κ3) is 3.35. The Hall–Kier alpha value is -1.36. The number of nitrogens with zero attached hydrogens (tertiary/aromatic N) is 3. The molecule has 0 bridgehead atoms. The van der Waals surface area contributed by atoms with E-state index < -0.39 is 0 Å². The first-order valence-corrected chi connectivity index (χ1v) is 6.86. The molecule has 2 rings (SSSR count). The highest BCUT2D eigenvalue weighted by Crippen LogP contribution is 2.27. The molecule has 5 nitrogen and oxygen atoms in total. The Morgan fingerprint density at radius 2 is 2.32 bits per heavy atom. The number of hydrogen-bond acceptors (Lipinski definition) is 3. The van der Waals surface area contributed by atoms with Crippen molar-refractivity contribution in [2.45, 2.75) is 33.2 Å². The maximum Gasteiger partial charge on any atom is 0.224 e. The lowest BCUT2D eigenvalue weighted by Crippen LogP contribution is -2.49. The molecule has 1 aromatic heterocycles. The quantitative estimate of drug-likeness (QED) is 0.779. The van der Waals surface area contributed by atoms with Crippen molar-refractivity contribution in [3.63, 3.8) is 0 Å². The lowest BCUT2D eigenvalue weighted by molar-refractivity contribution is -0.142. The first-order chi connectivity index (χ1) is 9.04. The van der Waals surface area contributed by atoms with Crippen LogP contribution in [0.3, 0.4) is 0 Å². The Morgan fingerprint density at radius 3 is 2.89 bits per heavy atom. The van der Waals surface area contributed by atoms with Crippen LogP contribution in [0.25, 0.3) is 0 Å². The zero-order valence-electron chi connectivity index (χ0n) is 12.1. The van der Waals surface area contributed by atoms with Crippen molar-refractivity contribution in [3.8, 4) is 0 Å². The van der Waals surface area contributed by atoms with Gasteiger partial charge in [-0.25, -0.2) is 4.98 Å². The van der Waals surface area contributed by atoms with Crippen LogP contribution < -0.4 is 0 Å². The third-order valence-corrected chi connectivity index (χ3v) is 3.63. The average Bonchev–Trinajstić information content (AvgIpc) is 2.81. The maximum absolute atomic E-state index is 12.1. The predicted octanol–water partition coefficient (Wildman–Crippen LogP) is 1.33. The van der Waals surface area contributed by atoms with E-state index in [9.17, 15) is 4.79 Å². The van der Waals surface area contributed by atoms with Crippen LogP contribution in [-0.4, -0.2) is 47.2 Å². The molecule has 1 fully saturated rings. The third-order valence-electron chi connectivity index (χ3n) is 3.63. The van der Waals surface area contributed by atoms with Gasteiger partial charge in [0.1, 0.15) is 5.82 Å². The van der Waals surface area contributed by atoms with Crippen LogP contribution in [0.5, 0.6) is 0 Å². The Kier molecular flexibility index (Phi) is 4.24. The second-order valence-electron chi connectivity index (χ2n) is 5.69. The molecule has 0 N–H and O–H groups in total. The maximum atomic E-state index is 12.1. The molecule has 2 heterocycles. The molecule has 1 aliphatic rings. The van der Waals surface area contributed by atoms with Crippen LogP contribution in [0.1, 0.15) is 26.1 Å². The molecule has 1 aliphatic heterocycles. The number of hydrogen-bond donors (Lipinski definition) is 0. The molecule has 0 unspecified atom stereocenters. The number of carbonyl (C=O) groups excluding carboxylic acids is 1. The minimum absolute atomic E-state index is 0.147. The summed E-state index contributed by atoms with van der Waals surface area (Å²) >= 11 is 0. The number of rotatable bonds is 6. The summed E-state index contributed by atoms with van der Waals surface area (Å²) in [6.07, 6.45) is 5.15. The predicted molar refractivity (Wildman–Crippen MR) is 72.8 cm³/mol. The SMILES string of the molecule is CCc1nccn1CCC(=O)N(C)CC1(C)COC1. The van der Waals surface area contributed by atoms with Gasteiger partial charge < -0.3 is 14.2 Å². The lowest BCUT2D eigenvalue weighted by atomic mass is 9.88. The fourth-order valence-electron chi connectivity index (χ4n) is 2.47. The van der Waals surface area contributed by atoms with Crippen LogP contribution >= 0.6 is 0 Å². The van der Waals surface area contributed by atoms with E-state index in [1.165, 1.54) is 0 Å². The monoisotopic (exact) mass is 265 g/mol. The van der Waals surface area contributed by atoms with Crippen molar-refractivity contribution < 1.29 is 9.53 Å². The summed E-state index contributed by atoms with van der Waals surface area (Å²) in [5.41, 5.74) is 0.147. The summed E-state index contributed by atoms with van der Waals surface area (Å²) in [6.45, 7) is 7.23. The van der Waals surface area contributed by atoms with Gasteiger partial charge in [-0.2, -0.15) is 0 Å². The summed E-state index contributed by atoms with van der Waals surface area (Å²) in [5.74, 6) is 1.22. The average molecular weight is 265 g/mol. The van der Waals surface area contributed by atoms with Gasteiger partial charge in [-0.3, -0.25) is 4.79 Å². The number of amides is 1. The molecule has 0 aliphatic carbocycles. The summed E-state index contributed by atoms with van der Waals surface area (Å²) < 4.78 is 7.27. The van der Waals surface area contributed by atoms with Crippen molar-refractivity contribution >= 4 is 5.91 Å². The van der Waals surface area contributed by atoms with Crippen molar-refractivity contribution in [1.82, 2.24) is 14.5 Å². The number of aryl methyl sites for hydroxylation is 2. The van der Waals surface area contributed by atoms with Gasteiger partial charge in [0.2, 0.25) is 5.91 Å². The Labute approximate surface area is 114 Å². The van der Waals surface area contributed by atoms with Gasteiger partial charge in [0, 0.05) is 50.8 Å². The summed E-state index contributed by atoms with van der Waals surface area (Å²) in [4.78, 5) is 18.2. The molecule has 0 saturated carbocycles. The Morgan fingerprint density at radius 1 is 1.58 bits per heavy atom. The van der Waals surface area contributed by atoms with E-state index in [1.807, 2.05) is 18.1 Å². The van der Waals surface area contributed by atoms with Crippen molar-refractivity contribution in [2.75, 3.05) is 26.8 Å². The molecular weight excluding hydrogens is 242 g/mol. The van der Waals surface area contributed by atoms with Gasteiger partial charge >= 0.3 is 0 Å². The molecule has 0 spiro atoms. The van der Waals surface area contributed by atoms with Crippen LogP contribution in [0, 0.1) is 5.41 Å². The van der Waals surface area contributed by atoms with E-state index in [2.05, 4.69) is 23.4 Å². The van der Waals surface area contributed by atoms with Crippen LogP contribution in [0.2, 0.25) is 0 Å². The molecular formula is C14H23N3O2. The summed E-state index contributed by atoms with van der Waals surface area (Å²) in [6, 6.07) is 0. The summed E-state index contributed by atoms with van der Waals surface area (Å²) in [5, 5.41) is 0. The van der Waals surface area contributed by atoms with Crippen molar-refractivity contribution in [3.05, 3.63) is 18.2 Å². The standard InChI is InChI=1S/C14H23N3O2/c1-4-12-15-6-8-17(12)7-5-13(18)16(3)9-14(2)10-19-11-14/h6,8H,4-5,7,9-11H2,1-3H3. The molecule has 19 heavy (non-hydrogen) atoms. The molecule has 0 aromatic carbocycles. The van der Waals surface area contributed by atoms with Crippen LogP contribution in [0.15, 0.2) is 12.4 Å². The molecule has 5 heteroatoms. The van der Waals surface area contributed by atoms with Gasteiger partial charge in [0.25, 0.3) is 0 Å². The molecule has 1 aromatic rings. The smallest absolute Gasteiger partial charge is 0.224 e. The zero-order valence-corrected chi connectivity index (χ0v) is 12.1. The van der Waals surface area contributed by atoms with Gasteiger partial charge in [-0.05, 0) is 0 Å². The Bertz CT molecular complexity index is 438. The molecule has 1 saturated heterocycles. The van der Waals surface area contributed by atoms with Gasteiger partial charge in [0.05, 0.1) is 13.2 Å². The van der Waals surface area contributed by atoms with Crippen LogP contribution in [0.4, 0.5) is 0 Å². The highest BCUT2D eigenvalue weighted by atomic mass is 16.5.